The molecular formula is C24H33FN4O2. The van der Waals surface area contributed by atoms with Crippen LogP contribution in [0.25, 0.3) is 0 Å². The third kappa shape index (κ3) is 6.38. The van der Waals surface area contributed by atoms with Crippen LogP contribution >= 0.6 is 0 Å². The maximum absolute atomic E-state index is 13.1. The van der Waals surface area contributed by atoms with Gasteiger partial charge in [0.1, 0.15) is 24.0 Å². The molecule has 1 aromatic heterocycles. The summed E-state index contributed by atoms with van der Waals surface area (Å²) in [6.07, 6.45) is 5.81. The third-order valence-electron chi connectivity index (χ3n) is 6.17. The van der Waals surface area contributed by atoms with E-state index in [0.29, 0.717) is 45.0 Å². The highest BCUT2D eigenvalue weighted by Gasteiger charge is 2.36. The van der Waals surface area contributed by atoms with Crippen molar-refractivity contribution < 1.29 is 14.2 Å². The van der Waals surface area contributed by atoms with Crippen molar-refractivity contribution in [1.29, 1.82) is 0 Å². The molecule has 0 saturated carbocycles. The first-order chi connectivity index (χ1) is 15.1. The monoisotopic (exact) mass is 428 g/mol. The molecule has 0 aliphatic carbocycles. The number of hydrogen-bond donors (Lipinski definition) is 2. The molecule has 0 amide bonds. The summed E-state index contributed by atoms with van der Waals surface area (Å²) in [5, 5.41) is 14.3. The van der Waals surface area contributed by atoms with Crippen molar-refractivity contribution in [3.05, 3.63) is 54.0 Å². The Bertz CT molecular complexity index is 829. The van der Waals surface area contributed by atoms with E-state index in [0.717, 1.165) is 17.9 Å². The number of halogens is 1. The number of rotatable bonds is 9. The lowest BCUT2D eigenvalue weighted by molar-refractivity contribution is 0.0626. The standard InChI is InChI=1S/C24H33FN4O2/c25-21-7-8-23(27-17-21)29-12-9-24(30,19-29)18-26-16-20-5-4-6-22(15-20)31-14-13-28-10-2-1-3-11-28/h4-8,15,17,26,30H,1-3,9-14,16,18-19H2/t24-/m0/s1. The van der Waals surface area contributed by atoms with Crippen molar-refractivity contribution in [2.24, 2.45) is 0 Å². The van der Waals surface area contributed by atoms with Gasteiger partial charge in [0.05, 0.1) is 11.8 Å². The number of anilines is 1. The van der Waals surface area contributed by atoms with Crippen molar-refractivity contribution in [3.8, 4) is 5.75 Å². The first kappa shape index (κ1) is 22.0. The average Bonchev–Trinajstić information content (AvgIpc) is 3.17. The van der Waals surface area contributed by atoms with E-state index in [-0.39, 0.29) is 5.82 Å². The second-order valence-corrected chi connectivity index (χ2v) is 8.73. The largest absolute Gasteiger partial charge is 0.492 e. The zero-order valence-corrected chi connectivity index (χ0v) is 18.1. The van der Waals surface area contributed by atoms with Gasteiger partial charge in [-0.15, -0.1) is 0 Å². The Hall–Kier alpha value is -2.22. The van der Waals surface area contributed by atoms with Crippen LogP contribution in [0.5, 0.6) is 5.75 Å². The molecule has 168 valence electrons. The van der Waals surface area contributed by atoms with E-state index < -0.39 is 5.60 Å². The second-order valence-electron chi connectivity index (χ2n) is 8.73. The molecule has 3 heterocycles. The number of nitrogens with one attached hydrogen (secondary N) is 1. The molecule has 0 spiro atoms. The van der Waals surface area contributed by atoms with Crippen molar-refractivity contribution >= 4 is 5.82 Å². The lowest BCUT2D eigenvalue weighted by atomic mass is 10.0. The van der Waals surface area contributed by atoms with Crippen LogP contribution in [0.1, 0.15) is 31.2 Å². The van der Waals surface area contributed by atoms with Crippen LogP contribution < -0.4 is 15.0 Å². The zero-order valence-electron chi connectivity index (χ0n) is 18.1. The molecule has 2 N–H and O–H groups in total. The highest BCUT2D eigenvalue weighted by Crippen LogP contribution is 2.25. The molecule has 2 fully saturated rings. The van der Waals surface area contributed by atoms with Gasteiger partial charge in [0.25, 0.3) is 0 Å². The van der Waals surface area contributed by atoms with Crippen molar-refractivity contribution in [2.45, 2.75) is 37.8 Å². The molecule has 0 radical (unpaired) electrons. The SMILES string of the molecule is O[C@]1(CNCc2cccc(OCCN3CCCCC3)c2)CCN(c2ccc(F)cn2)C1. The lowest BCUT2D eigenvalue weighted by Crippen LogP contribution is -2.43. The molecule has 2 aromatic rings. The molecule has 4 rings (SSSR count). The van der Waals surface area contributed by atoms with E-state index in [1.54, 1.807) is 6.07 Å². The predicted octanol–water partition coefficient (Wildman–Crippen LogP) is 2.82. The van der Waals surface area contributed by atoms with E-state index in [1.165, 1.54) is 44.6 Å². The summed E-state index contributed by atoms with van der Waals surface area (Å²) >= 11 is 0. The van der Waals surface area contributed by atoms with E-state index in [1.807, 2.05) is 17.0 Å². The van der Waals surface area contributed by atoms with Gasteiger partial charge in [-0.25, -0.2) is 9.37 Å². The highest BCUT2D eigenvalue weighted by molar-refractivity contribution is 5.40. The summed E-state index contributed by atoms with van der Waals surface area (Å²) in [5.74, 6) is 1.24. The molecule has 31 heavy (non-hydrogen) atoms. The molecule has 2 aliphatic rings. The van der Waals surface area contributed by atoms with Gasteiger partial charge in [0.15, 0.2) is 0 Å². The first-order valence-electron chi connectivity index (χ1n) is 11.3. The number of piperidine rings is 1. The minimum absolute atomic E-state index is 0.349. The fraction of sp³-hybridized carbons (Fsp3) is 0.542. The molecule has 2 saturated heterocycles. The molecule has 0 unspecified atom stereocenters. The molecule has 6 nitrogen and oxygen atoms in total. The maximum atomic E-state index is 13.1. The van der Waals surface area contributed by atoms with Crippen LogP contribution in [0.15, 0.2) is 42.6 Å². The van der Waals surface area contributed by atoms with Crippen LogP contribution in [-0.4, -0.2) is 66.5 Å². The molecular weight excluding hydrogens is 395 g/mol. The Morgan fingerprint density at radius 2 is 2.00 bits per heavy atom. The van der Waals surface area contributed by atoms with Gasteiger partial charge in [-0.3, -0.25) is 4.90 Å². The van der Waals surface area contributed by atoms with Crippen LogP contribution in [0.3, 0.4) is 0 Å². The Labute approximate surface area is 184 Å². The topological polar surface area (TPSA) is 60.9 Å². The Kier molecular flexibility index (Phi) is 7.37. The molecule has 1 atom stereocenters. The van der Waals surface area contributed by atoms with Gasteiger partial charge in [0.2, 0.25) is 0 Å². The van der Waals surface area contributed by atoms with Gasteiger partial charge >= 0.3 is 0 Å². The number of nitrogens with zero attached hydrogens (tertiary/aromatic N) is 3. The average molecular weight is 429 g/mol. The lowest BCUT2D eigenvalue weighted by Gasteiger charge is -2.26. The highest BCUT2D eigenvalue weighted by atomic mass is 19.1. The summed E-state index contributed by atoms with van der Waals surface area (Å²) in [6, 6.07) is 11.2. The van der Waals surface area contributed by atoms with Gasteiger partial charge in [-0.05, 0) is 62.2 Å². The number of likely N-dealkylation sites (tertiary alicyclic amines) is 1. The minimum Gasteiger partial charge on any atom is -0.492 e. The van der Waals surface area contributed by atoms with Crippen LogP contribution in [0.4, 0.5) is 10.2 Å². The van der Waals surface area contributed by atoms with Crippen molar-refractivity contribution in [1.82, 2.24) is 15.2 Å². The second kappa shape index (κ2) is 10.4. The molecule has 0 bridgehead atoms. The molecule has 1 aromatic carbocycles. The van der Waals surface area contributed by atoms with Crippen LogP contribution in [0.2, 0.25) is 0 Å². The Balaban J connectivity index is 1.20. The smallest absolute Gasteiger partial charge is 0.141 e. The van der Waals surface area contributed by atoms with Gasteiger partial charge in [-0.1, -0.05) is 18.6 Å². The fourth-order valence-electron chi connectivity index (χ4n) is 4.41. The van der Waals surface area contributed by atoms with Crippen molar-refractivity contribution in [3.63, 3.8) is 0 Å². The normalized spacial score (nSPS) is 22.1. The van der Waals surface area contributed by atoms with Gasteiger partial charge in [-0.2, -0.15) is 0 Å². The fourth-order valence-corrected chi connectivity index (χ4v) is 4.41. The van der Waals surface area contributed by atoms with E-state index in [9.17, 15) is 9.50 Å². The van der Waals surface area contributed by atoms with Gasteiger partial charge in [0, 0.05) is 32.7 Å². The van der Waals surface area contributed by atoms with Crippen molar-refractivity contribution in [2.75, 3.05) is 50.8 Å². The summed E-state index contributed by atoms with van der Waals surface area (Å²) in [5.41, 5.74) is 0.313. The minimum atomic E-state index is -0.821. The predicted molar refractivity (Wildman–Crippen MR) is 120 cm³/mol. The number of hydrogen-bond acceptors (Lipinski definition) is 6. The first-order valence-corrected chi connectivity index (χ1v) is 11.3. The van der Waals surface area contributed by atoms with Gasteiger partial charge < -0.3 is 20.1 Å². The summed E-state index contributed by atoms with van der Waals surface area (Å²) in [4.78, 5) is 8.59. The summed E-state index contributed by atoms with van der Waals surface area (Å²) in [7, 11) is 0. The number of pyridine rings is 1. The number of β-amino-alcohol motifs (C(OH)–C–C–N with tert-alkyl or cyclic N) is 1. The zero-order chi connectivity index (χ0) is 21.5. The van der Waals surface area contributed by atoms with E-state index in [2.05, 4.69) is 27.3 Å². The quantitative estimate of drug-likeness (QED) is 0.641. The number of ether oxygens (including phenoxy) is 1. The number of aliphatic hydroxyl groups is 1. The number of benzene rings is 1. The maximum Gasteiger partial charge on any atom is 0.141 e. The molecule has 2 aliphatic heterocycles. The Morgan fingerprint density at radius 3 is 2.81 bits per heavy atom. The van der Waals surface area contributed by atoms with Crippen LogP contribution in [0, 0.1) is 5.82 Å². The van der Waals surface area contributed by atoms with E-state index >= 15 is 0 Å². The van der Waals surface area contributed by atoms with E-state index in [4.69, 9.17) is 4.74 Å². The van der Waals surface area contributed by atoms with Crippen LogP contribution in [-0.2, 0) is 6.54 Å². The summed E-state index contributed by atoms with van der Waals surface area (Å²) in [6.45, 7) is 6.41. The third-order valence-corrected chi connectivity index (χ3v) is 6.17. The number of aromatic nitrogens is 1. The molecule has 7 heteroatoms. The Morgan fingerprint density at radius 1 is 1.13 bits per heavy atom. The summed E-state index contributed by atoms with van der Waals surface area (Å²) < 4.78 is 19.0.